The normalized spacial score (nSPS) is 12.0. The van der Waals surface area contributed by atoms with E-state index >= 15 is 0 Å². The Hall–Kier alpha value is -3.08. The van der Waals surface area contributed by atoms with Gasteiger partial charge in [-0.3, -0.25) is 4.79 Å². The molecule has 3 N–H and O–H groups in total. The summed E-state index contributed by atoms with van der Waals surface area (Å²) in [6.45, 7) is 4.41. The van der Waals surface area contributed by atoms with Gasteiger partial charge in [0, 0.05) is 12.2 Å². The van der Waals surface area contributed by atoms with Gasteiger partial charge < -0.3 is 15.8 Å². The standard InChI is InChI=1S/C22H25FN2O2/c1-3-4-8-21(16(2)24)22(26)25-14-18-6-5-7-20(13-18)27-15-17-9-11-19(23)12-10-17/h4-13H,3,14-15,24H2,1-2H3,(H,25,26)/b8-4-,21-16-. The highest BCUT2D eigenvalue weighted by Crippen LogP contribution is 2.16. The van der Waals surface area contributed by atoms with Crippen LogP contribution in [0.2, 0.25) is 0 Å². The minimum absolute atomic E-state index is 0.211. The van der Waals surface area contributed by atoms with Crippen LogP contribution in [0.1, 0.15) is 31.4 Å². The topological polar surface area (TPSA) is 64.3 Å². The number of hydrogen-bond acceptors (Lipinski definition) is 3. The molecular formula is C22H25FN2O2. The van der Waals surface area contributed by atoms with E-state index in [-0.39, 0.29) is 11.7 Å². The monoisotopic (exact) mass is 368 g/mol. The smallest absolute Gasteiger partial charge is 0.253 e. The van der Waals surface area contributed by atoms with E-state index in [9.17, 15) is 9.18 Å². The van der Waals surface area contributed by atoms with Gasteiger partial charge in [-0.2, -0.15) is 0 Å². The fraction of sp³-hybridized carbons (Fsp3) is 0.227. The van der Waals surface area contributed by atoms with E-state index in [0.717, 1.165) is 17.5 Å². The summed E-state index contributed by atoms with van der Waals surface area (Å²) < 4.78 is 18.7. The van der Waals surface area contributed by atoms with Crippen LogP contribution in [-0.4, -0.2) is 5.91 Å². The average molecular weight is 368 g/mol. The second-order valence-corrected chi connectivity index (χ2v) is 6.15. The Morgan fingerprint density at radius 2 is 1.93 bits per heavy atom. The largest absolute Gasteiger partial charge is 0.489 e. The maximum atomic E-state index is 12.9. The van der Waals surface area contributed by atoms with Gasteiger partial charge in [0.05, 0.1) is 5.57 Å². The SMILES string of the molecule is CC/C=C\C(C(=O)NCc1cccc(OCc2ccc(F)cc2)c1)=C(/C)N. The fourth-order valence-electron chi connectivity index (χ4n) is 2.39. The zero-order chi connectivity index (χ0) is 19.6. The van der Waals surface area contributed by atoms with Crippen molar-refractivity contribution >= 4 is 5.91 Å². The Morgan fingerprint density at radius 3 is 2.59 bits per heavy atom. The van der Waals surface area contributed by atoms with E-state index in [1.165, 1.54) is 12.1 Å². The highest BCUT2D eigenvalue weighted by atomic mass is 19.1. The van der Waals surface area contributed by atoms with Crippen LogP contribution in [0.4, 0.5) is 4.39 Å². The molecule has 0 radical (unpaired) electrons. The van der Waals surface area contributed by atoms with E-state index in [1.54, 1.807) is 25.1 Å². The first-order valence-electron chi connectivity index (χ1n) is 8.87. The first kappa shape index (κ1) is 20.2. The molecule has 2 rings (SSSR count). The number of ether oxygens (including phenoxy) is 1. The number of nitrogens with two attached hydrogens (primary N) is 1. The van der Waals surface area contributed by atoms with Gasteiger partial charge in [-0.05, 0) is 48.7 Å². The van der Waals surface area contributed by atoms with E-state index in [4.69, 9.17) is 10.5 Å². The van der Waals surface area contributed by atoms with Gasteiger partial charge in [0.2, 0.25) is 0 Å². The van der Waals surface area contributed by atoms with Crippen molar-refractivity contribution in [2.75, 3.05) is 0 Å². The zero-order valence-corrected chi connectivity index (χ0v) is 15.7. The molecule has 1 amide bonds. The molecule has 0 aliphatic rings. The summed E-state index contributed by atoms with van der Waals surface area (Å²) in [6, 6.07) is 13.7. The molecule has 0 unspecified atom stereocenters. The summed E-state index contributed by atoms with van der Waals surface area (Å²) in [5, 5.41) is 2.87. The van der Waals surface area contributed by atoms with Crippen molar-refractivity contribution < 1.29 is 13.9 Å². The molecule has 2 aromatic carbocycles. The number of rotatable bonds is 8. The van der Waals surface area contributed by atoms with E-state index in [0.29, 0.717) is 30.2 Å². The molecule has 0 heterocycles. The van der Waals surface area contributed by atoms with Crippen molar-refractivity contribution in [1.29, 1.82) is 0 Å². The van der Waals surface area contributed by atoms with Crippen LogP contribution in [0.5, 0.6) is 5.75 Å². The quantitative estimate of drug-likeness (QED) is 0.542. The Bertz CT molecular complexity index is 822. The maximum absolute atomic E-state index is 12.9. The second-order valence-electron chi connectivity index (χ2n) is 6.15. The minimum atomic E-state index is -0.272. The van der Waals surface area contributed by atoms with Crippen LogP contribution in [0.3, 0.4) is 0 Å². The van der Waals surface area contributed by atoms with Gasteiger partial charge >= 0.3 is 0 Å². The van der Waals surface area contributed by atoms with Gasteiger partial charge in [0.25, 0.3) is 5.91 Å². The minimum Gasteiger partial charge on any atom is -0.489 e. The van der Waals surface area contributed by atoms with Crippen molar-refractivity contribution in [2.24, 2.45) is 5.73 Å². The van der Waals surface area contributed by atoms with Crippen LogP contribution in [0.25, 0.3) is 0 Å². The number of nitrogens with one attached hydrogen (secondary N) is 1. The summed E-state index contributed by atoms with van der Waals surface area (Å²) in [6.07, 6.45) is 4.47. The lowest BCUT2D eigenvalue weighted by Crippen LogP contribution is -2.25. The summed E-state index contributed by atoms with van der Waals surface area (Å²) >= 11 is 0. The molecule has 27 heavy (non-hydrogen) atoms. The predicted octanol–water partition coefficient (Wildman–Crippen LogP) is 4.22. The molecule has 0 aliphatic carbocycles. The van der Waals surface area contributed by atoms with Gasteiger partial charge in [0.1, 0.15) is 18.2 Å². The fourth-order valence-corrected chi connectivity index (χ4v) is 2.39. The average Bonchev–Trinajstić information content (AvgIpc) is 2.66. The molecule has 142 valence electrons. The summed E-state index contributed by atoms with van der Waals surface area (Å²) in [5.41, 5.74) is 8.54. The first-order valence-corrected chi connectivity index (χ1v) is 8.87. The lowest BCUT2D eigenvalue weighted by molar-refractivity contribution is -0.117. The van der Waals surface area contributed by atoms with E-state index < -0.39 is 0 Å². The van der Waals surface area contributed by atoms with Crippen LogP contribution in [0.15, 0.2) is 72.0 Å². The third-order valence-electron chi connectivity index (χ3n) is 3.86. The van der Waals surface area contributed by atoms with Crippen molar-refractivity contribution in [2.45, 2.75) is 33.4 Å². The van der Waals surface area contributed by atoms with Crippen molar-refractivity contribution in [3.63, 3.8) is 0 Å². The number of allylic oxidation sites excluding steroid dienone is 2. The second kappa shape index (κ2) is 10.2. The zero-order valence-electron chi connectivity index (χ0n) is 15.7. The molecule has 0 aliphatic heterocycles. The Morgan fingerprint density at radius 1 is 1.19 bits per heavy atom. The maximum Gasteiger partial charge on any atom is 0.253 e. The lowest BCUT2D eigenvalue weighted by atomic mass is 10.1. The van der Waals surface area contributed by atoms with Crippen LogP contribution < -0.4 is 15.8 Å². The van der Waals surface area contributed by atoms with Crippen molar-refractivity contribution in [3.8, 4) is 5.75 Å². The van der Waals surface area contributed by atoms with Gasteiger partial charge in [-0.25, -0.2) is 4.39 Å². The molecule has 0 spiro atoms. The predicted molar refractivity (Wildman–Crippen MR) is 105 cm³/mol. The first-order chi connectivity index (χ1) is 13.0. The number of benzene rings is 2. The molecule has 0 bridgehead atoms. The number of hydrogen-bond donors (Lipinski definition) is 2. The highest BCUT2D eigenvalue weighted by molar-refractivity contribution is 5.96. The Labute approximate surface area is 159 Å². The number of halogens is 1. The molecule has 0 aromatic heterocycles. The Balaban J connectivity index is 1.95. The third kappa shape index (κ3) is 6.62. The van der Waals surface area contributed by atoms with E-state index in [2.05, 4.69) is 5.32 Å². The van der Waals surface area contributed by atoms with E-state index in [1.807, 2.05) is 37.3 Å². The van der Waals surface area contributed by atoms with Gasteiger partial charge in [0.15, 0.2) is 0 Å². The van der Waals surface area contributed by atoms with Crippen LogP contribution >= 0.6 is 0 Å². The van der Waals surface area contributed by atoms with Crippen LogP contribution in [-0.2, 0) is 17.9 Å². The molecule has 2 aromatic rings. The highest BCUT2D eigenvalue weighted by Gasteiger charge is 2.08. The molecule has 4 nitrogen and oxygen atoms in total. The van der Waals surface area contributed by atoms with Crippen molar-refractivity contribution in [3.05, 3.63) is 88.9 Å². The molecule has 0 fully saturated rings. The molecule has 5 heteroatoms. The summed E-state index contributed by atoms with van der Waals surface area (Å²) in [7, 11) is 0. The van der Waals surface area contributed by atoms with Gasteiger partial charge in [-0.1, -0.05) is 43.3 Å². The summed E-state index contributed by atoms with van der Waals surface area (Å²) in [4.78, 5) is 12.3. The van der Waals surface area contributed by atoms with Gasteiger partial charge in [-0.15, -0.1) is 0 Å². The molecule has 0 atom stereocenters. The number of carbonyl (C=O) groups is 1. The molecular weight excluding hydrogens is 343 g/mol. The summed E-state index contributed by atoms with van der Waals surface area (Å²) in [5.74, 6) is 0.200. The number of amides is 1. The van der Waals surface area contributed by atoms with Crippen LogP contribution in [0, 0.1) is 5.82 Å². The lowest BCUT2D eigenvalue weighted by Gasteiger charge is -2.10. The van der Waals surface area contributed by atoms with Crippen molar-refractivity contribution in [1.82, 2.24) is 5.32 Å². The molecule has 0 saturated carbocycles. The number of carbonyl (C=O) groups excluding carboxylic acids is 1. The molecule has 0 saturated heterocycles. The Kier molecular flexibility index (Phi) is 7.62. The third-order valence-corrected chi connectivity index (χ3v) is 3.86.